The lowest BCUT2D eigenvalue weighted by atomic mass is 10.1. The third kappa shape index (κ3) is 53.4. The summed E-state index contributed by atoms with van der Waals surface area (Å²) in [7, 11) is 0. The number of carbonyl (C=O) groups excluding carboxylic acids is 2. The summed E-state index contributed by atoms with van der Waals surface area (Å²) < 4.78 is 17.4. The molecular formula is C61H104O5. The third-order valence-electron chi connectivity index (χ3n) is 11.6. The number of allylic oxidation sites excluding steroid dienone is 16. The van der Waals surface area contributed by atoms with Crippen molar-refractivity contribution in [2.75, 3.05) is 19.8 Å². The van der Waals surface area contributed by atoms with Gasteiger partial charge in [0.2, 0.25) is 0 Å². The molecule has 0 aliphatic carbocycles. The van der Waals surface area contributed by atoms with Crippen LogP contribution in [0.2, 0.25) is 0 Å². The maximum atomic E-state index is 12.8. The molecule has 0 saturated heterocycles. The molecule has 0 aliphatic heterocycles. The first kappa shape index (κ1) is 62.8. The lowest BCUT2D eigenvalue weighted by molar-refractivity contribution is -0.163. The van der Waals surface area contributed by atoms with Crippen molar-refractivity contribution < 1.29 is 23.8 Å². The number of esters is 2. The van der Waals surface area contributed by atoms with E-state index in [0.717, 1.165) is 109 Å². The lowest BCUT2D eigenvalue weighted by Crippen LogP contribution is -2.30. The van der Waals surface area contributed by atoms with Crippen molar-refractivity contribution >= 4 is 11.9 Å². The zero-order chi connectivity index (χ0) is 47.7. The standard InChI is InChI=1S/C61H104O5/c1-4-7-10-13-16-19-22-25-27-29-31-32-34-37-39-42-45-48-51-54-60(62)65-58-59(66-61(63)55-52-49-46-43-40-36-24-21-18-15-12-9-6-3)57-64-56-53-50-47-44-41-38-35-33-30-28-26-23-20-17-14-11-8-5-2/h7,10,12,15-17,19-21,24-28,31-32,59H,4-6,8-9,11,13-14,18,22-23,29-30,33-58H2,1-3H3/b10-7-,15-12-,19-16-,20-17-,24-21-,27-25-,28-26-,32-31-. The van der Waals surface area contributed by atoms with Crippen molar-refractivity contribution in [2.45, 2.75) is 258 Å². The Balaban J connectivity index is 4.31. The van der Waals surface area contributed by atoms with Gasteiger partial charge in [-0.25, -0.2) is 0 Å². The van der Waals surface area contributed by atoms with Crippen molar-refractivity contribution in [1.82, 2.24) is 0 Å². The Morgan fingerprint density at radius 3 is 1.15 bits per heavy atom. The van der Waals surface area contributed by atoms with E-state index in [9.17, 15) is 9.59 Å². The molecule has 0 aromatic rings. The molecule has 0 amide bonds. The summed E-state index contributed by atoms with van der Waals surface area (Å²) in [4.78, 5) is 25.5. The first-order valence-corrected chi connectivity index (χ1v) is 27.8. The minimum atomic E-state index is -0.558. The number of carbonyl (C=O) groups is 2. The second-order valence-corrected chi connectivity index (χ2v) is 18.1. The van der Waals surface area contributed by atoms with Gasteiger partial charge in [0.15, 0.2) is 6.10 Å². The quantitative estimate of drug-likeness (QED) is 0.0346. The van der Waals surface area contributed by atoms with E-state index in [1.54, 1.807) is 0 Å². The zero-order valence-electron chi connectivity index (χ0n) is 43.4. The number of ether oxygens (including phenoxy) is 3. The van der Waals surface area contributed by atoms with Gasteiger partial charge in [0.05, 0.1) is 6.61 Å². The van der Waals surface area contributed by atoms with Gasteiger partial charge in [-0.3, -0.25) is 9.59 Å². The monoisotopic (exact) mass is 917 g/mol. The van der Waals surface area contributed by atoms with Crippen LogP contribution in [0.3, 0.4) is 0 Å². The van der Waals surface area contributed by atoms with E-state index < -0.39 is 6.10 Å². The molecule has 5 heteroatoms. The van der Waals surface area contributed by atoms with Crippen molar-refractivity contribution in [2.24, 2.45) is 0 Å². The fraction of sp³-hybridized carbons (Fsp3) is 0.705. The summed E-state index contributed by atoms with van der Waals surface area (Å²) in [6.07, 6.45) is 75.6. The molecule has 0 radical (unpaired) electrons. The highest BCUT2D eigenvalue weighted by atomic mass is 16.6. The van der Waals surface area contributed by atoms with Crippen LogP contribution in [0.1, 0.15) is 252 Å². The van der Waals surface area contributed by atoms with Crippen LogP contribution in [0.5, 0.6) is 0 Å². The Kier molecular flexibility index (Phi) is 53.4. The molecule has 1 atom stereocenters. The summed E-state index contributed by atoms with van der Waals surface area (Å²) in [6, 6.07) is 0. The van der Waals surface area contributed by atoms with Crippen molar-refractivity contribution in [3.8, 4) is 0 Å². The summed E-state index contributed by atoms with van der Waals surface area (Å²) in [6.45, 7) is 7.59. The smallest absolute Gasteiger partial charge is 0.306 e. The number of hydrogen-bond donors (Lipinski definition) is 0. The normalized spacial score (nSPS) is 13.0. The maximum absolute atomic E-state index is 12.8. The van der Waals surface area contributed by atoms with E-state index in [4.69, 9.17) is 14.2 Å². The molecule has 0 rings (SSSR count). The highest BCUT2D eigenvalue weighted by Crippen LogP contribution is 2.14. The zero-order valence-corrected chi connectivity index (χ0v) is 43.4. The Hall–Kier alpha value is -3.18. The van der Waals surface area contributed by atoms with Crippen LogP contribution in [0.25, 0.3) is 0 Å². The van der Waals surface area contributed by atoms with Crippen molar-refractivity contribution in [3.63, 3.8) is 0 Å². The Morgan fingerprint density at radius 1 is 0.348 bits per heavy atom. The van der Waals surface area contributed by atoms with E-state index in [1.807, 2.05) is 0 Å². The van der Waals surface area contributed by atoms with Crippen LogP contribution in [-0.4, -0.2) is 37.9 Å². The highest BCUT2D eigenvalue weighted by molar-refractivity contribution is 5.70. The summed E-state index contributed by atoms with van der Waals surface area (Å²) in [5.41, 5.74) is 0. The summed E-state index contributed by atoms with van der Waals surface area (Å²) in [5.74, 6) is -0.433. The fourth-order valence-corrected chi connectivity index (χ4v) is 7.45. The largest absolute Gasteiger partial charge is 0.462 e. The van der Waals surface area contributed by atoms with E-state index in [0.29, 0.717) is 19.4 Å². The van der Waals surface area contributed by atoms with Gasteiger partial charge >= 0.3 is 11.9 Å². The minimum Gasteiger partial charge on any atom is -0.462 e. The molecule has 5 nitrogen and oxygen atoms in total. The Labute approximate surface area is 409 Å². The molecule has 0 bridgehead atoms. The summed E-state index contributed by atoms with van der Waals surface area (Å²) >= 11 is 0. The molecule has 0 aromatic heterocycles. The van der Waals surface area contributed by atoms with Gasteiger partial charge in [-0.2, -0.15) is 0 Å². The van der Waals surface area contributed by atoms with E-state index in [1.165, 1.54) is 109 Å². The lowest BCUT2D eigenvalue weighted by Gasteiger charge is -2.18. The average molecular weight is 917 g/mol. The van der Waals surface area contributed by atoms with E-state index >= 15 is 0 Å². The van der Waals surface area contributed by atoms with Crippen LogP contribution < -0.4 is 0 Å². The molecule has 1 unspecified atom stereocenters. The SMILES string of the molecule is CC/C=C\C/C=C\C/C=C\C/C=C\CCCCCCCCC(=O)OCC(COCCCCCCCCCC/C=C\C/C=C\CCCCC)OC(=O)CCCCCCC/C=C\C/C=C\CCC. The van der Waals surface area contributed by atoms with Crippen LogP contribution in [0, 0.1) is 0 Å². The molecule has 0 aliphatic rings. The second-order valence-electron chi connectivity index (χ2n) is 18.1. The van der Waals surface area contributed by atoms with Gasteiger partial charge in [0.1, 0.15) is 6.61 Å². The molecule has 0 N–H and O–H groups in total. The Morgan fingerprint density at radius 2 is 0.712 bits per heavy atom. The topological polar surface area (TPSA) is 61.8 Å². The molecule has 0 aromatic carbocycles. The van der Waals surface area contributed by atoms with Gasteiger partial charge in [-0.15, -0.1) is 0 Å². The predicted octanol–water partition coefficient (Wildman–Crippen LogP) is 19.0. The van der Waals surface area contributed by atoms with E-state index in [2.05, 4.69) is 118 Å². The predicted molar refractivity (Wildman–Crippen MR) is 288 cm³/mol. The molecule has 378 valence electrons. The molecule has 0 saturated carbocycles. The van der Waals surface area contributed by atoms with Crippen molar-refractivity contribution in [3.05, 3.63) is 97.2 Å². The highest BCUT2D eigenvalue weighted by Gasteiger charge is 2.17. The van der Waals surface area contributed by atoms with Gasteiger partial charge in [0, 0.05) is 19.4 Å². The van der Waals surface area contributed by atoms with Crippen LogP contribution in [-0.2, 0) is 23.8 Å². The minimum absolute atomic E-state index is 0.0652. The number of hydrogen-bond acceptors (Lipinski definition) is 5. The van der Waals surface area contributed by atoms with Gasteiger partial charge in [-0.1, -0.05) is 221 Å². The summed E-state index contributed by atoms with van der Waals surface area (Å²) in [5, 5.41) is 0. The first-order valence-electron chi connectivity index (χ1n) is 27.8. The number of rotatable bonds is 50. The molecule has 66 heavy (non-hydrogen) atoms. The number of unbranched alkanes of at least 4 members (excludes halogenated alkanes) is 23. The van der Waals surface area contributed by atoms with Gasteiger partial charge in [0.25, 0.3) is 0 Å². The second kappa shape index (κ2) is 56.1. The molecular weight excluding hydrogens is 813 g/mol. The average Bonchev–Trinajstić information content (AvgIpc) is 3.32. The maximum Gasteiger partial charge on any atom is 0.306 e. The van der Waals surface area contributed by atoms with Crippen LogP contribution in [0.4, 0.5) is 0 Å². The van der Waals surface area contributed by atoms with Crippen LogP contribution >= 0.6 is 0 Å². The molecule has 0 spiro atoms. The van der Waals surface area contributed by atoms with E-state index in [-0.39, 0.29) is 25.2 Å². The van der Waals surface area contributed by atoms with Crippen LogP contribution in [0.15, 0.2) is 97.2 Å². The first-order chi connectivity index (χ1) is 32.6. The Bertz CT molecular complexity index is 1270. The van der Waals surface area contributed by atoms with Crippen molar-refractivity contribution in [1.29, 1.82) is 0 Å². The van der Waals surface area contributed by atoms with Gasteiger partial charge in [-0.05, 0) is 116 Å². The molecule has 0 heterocycles. The fourth-order valence-electron chi connectivity index (χ4n) is 7.45. The molecule has 0 fully saturated rings. The van der Waals surface area contributed by atoms with Gasteiger partial charge < -0.3 is 14.2 Å². The third-order valence-corrected chi connectivity index (χ3v) is 11.6.